The zero-order valence-electron chi connectivity index (χ0n) is 20.6. The normalized spacial score (nSPS) is 15.5. The predicted molar refractivity (Wildman–Crippen MR) is 130 cm³/mol. The molecule has 12 heteroatoms. The fourth-order valence-corrected chi connectivity index (χ4v) is 3.59. The van der Waals surface area contributed by atoms with Gasteiger partial charge in [-0.1, -0.05) is 34.1 Å². The van der Waals surface area contributed by atoms with Crippen molar-refractivity contribution >= 4 is 41.4 Å². The number of hydrogen-bond donors (Lipinski definition) is 6. The molecule has 5 atom stereocenters. The van der Waals surface area contributed by atoms with Crippen LogP contribution in [-0.2, 0) is 24.0 Å². The Morgan fingerprint density at radius 3 is 1.94 bits per heavy atom. The first-order valence-electron chi connectivity index (χ1n) is 11.4. The van der Waals surface area contributed by atoms with Gasteiger partial charge in [0, 0.05) is 6.42 Å². The van der Waals surface area contributed by atoms with E-state index in [4.69, 9.17) is 10.8 Å². The van der Waals surface area contributed by atoms with Crippen molar-refractivity contribution in [3.63, 3.8) is 0 Å². The van der Waals surface area contributed by atoms with E-state index in [1.54, 1.807) is 20.8 Å². The molecule has 0 aromatic rings. The third-order valence-electron chi connectivity index (χ3n) is 5.36. The topological polar surface area (TPSA) is 188 Å². The Morgan fingerprint density at radius 2 is 1.47 bits per heavy atom. The Labute approximate surface area is 205 Å². The molecule has 5 unspecified atom stereocenters. The average molecular weight is 505 g/mol. The lowest BCUT2D eigenvalue weighted by molar-refractivity contribution is -0.143. The number of nitrogens with two attached hydrogens (primary N) is 1. The highest BCUT2D eigenvalue weighted by atomic mass is 32.2. The van der Waals surface area contributed by atoms with Crippen molar-refractivity contribution in [1.29, 1.82) is 0 Å². The largest absolute Gasteiger partial charge is 0.481 e. The SMILES string of the molecule is CCC(C)C(NC(=O)C(N)CCSC)C(=O)NC(CCC(=O)O)C(=O)NC(CC(C)C)C(=O)O. The summed E-state index contributed by atoms with van der Waals surface area (Å²) in [4.78, 5) is 61.0. The van der Waals surface area contributed by atoms with Gasteiger partial charge in [0.15, 0.2) is 0 Å². The van der Waals surface area contributed by atoms with Crippen LogP contribution in [-0.4, -0.2) is 76.0 Å². The summed E-state index contributed by atoms with van der Waals surface area (Å²) in [5, 5.41) is 26.0. The lowest BCUT2D eigenvalue weighted by Crippen LogP contribution is -2.58. The van der Waals surface area contributed by atoms with Gasteiger partial charge in [-0.25, -0.2) is 4.79 Å². The smallest absolute Gasteiger partial charge is 0.326 e. The summed E-state index contributed by atoms with van der Waals surface area (Å²) in [6, 6.07) is -4.27. The van der Waals surface area contributed by atoms with Gasteiger partial charge in [0.2, 0.25) is 17.7 Å². The van der Waals surface area contributed by atoms with Crippen LogP contribution in [0.1, 0.15) is 59.8 Å². The molecular weight excluding hydrogens is 464 g/mol. The fraction of sp³-hybridized carbons (Fsp3) is 0.773. The quantitative estimate of drug-likeness (QED) is 0.164. The molecule has 196 valence electrons. The molecule has 11 nitrogen and oxygen atoms in total. The van der Waals surface area contributed by atoms with Crippen molar-refractivity contribution in [2.75, 3.05) is 12.0 Å². The first-order valence-corrected chi connectivity index (χ1v) is 12.8. The Balaban J connectivity index is 5.58. The third kappa shape index (κ3) is 12.2. The van der Waals surface area contributed by atoms with Crippen molar-refractivity contribution in [1.82, 2.24) is 16.0 Å². The van der Waals surface area contributed by atoms with Gasteiger partial charge in [-0.05, 0) is 43.1 Å². The number of thioether (sulfide) groups is 1. The Bertz CT molecular complexity index is 705. The van der Waals surface area contributed by atoms with Gasteiger partial charge in [0.05, 0.1) is 6.04 Å². The molecule has 0 radical (unpaired) electrons. The Morgan fingerprint density at radius 1 is 0.882 bits per heavy atom. The predicted octanol–water partition coefficient (Wildman–Crippen LogP) is 0.563. The molecule has 0 heterocycles. The molecule has 0 aromatic carbocycles. The van der Waals surface area contributed by atoms with Gasteiger partial charge in [-0.3, -0.25) is 19.2 Å². The molecule has 0 aliphatic heterocycles. The maximum Gasteiger partial charge on any atom is 0.326 e. The molecule has 0 saturated carbocycles. The van der Waals surface area contributed by atoms with Gasteiger partial charge in [-0.15, -0.1) is 0 Å². The van der Waals surface area contributed by atoms with E-state index in [2.05, 4.69) is 16.0 Å². The minimum atomic E-state index is -1.29. The van der Waals surface area contributed by atoms with E-state index in [9.17, 15) is 29.1 Å². The minimum absolute atomic E-state index is 0.0197. The number of carboxylic acids is 2. The van der Waals surface area contributed by atoms with E-state index in [0.717, 1.165) is 0 Å². The molecule has 3 amide bonds. The van der Waals surface area contributed by atoms with E-state index in [-0.39, 0.29) is 24.7 Å². The second kappa shape index (κ2) is 16.3. The molecular formula is C22H40N4O7S. The molecule has 0 rings (SSSR count). The van der Waals surface area contributed by atoms with Gasteiger partial charge in [0.1, 0.15) is 18.1 Å². The van der Waals surface area contributed by atoms with E-state index >= 15 is 0 Å². The minimum Gasteiger partial charge on any atom is -0.481 e. The van der Waals surface area contributed by atoms with Gasteiger partial charge in [-0.2, -0.15) is 11.8 Å². The van der Waals surface area contributed by atoms with Crippen LogP contribution in [0, 0.1) is 11.8 Å². The summed E-state index contributed by atoms with van der Waals surface area (Å²) in [5.74, 6) is -4.00. The Hall–Kier alpha value is -2.34. The lowest BCUT2D eigenvalue weighted by Gasteiger charge is -2.28. The molecule has 0 aliphatic rings. The van der Waals surface area contributed by atoms with Crippen molar-refractivity contribution in [3.8, 4) is 0 Å². The van der Waals surface area contributed by atoms with Crippen LogP contribution >= 0.6 is 11.8 Å². The summed E-state index contributed by atoms with van der Waals surface area (Å²) in [6.07, 6.45) is 2.37. The van der Waals surface area contributed by atoms with Gasteiger partial charge in [0.25, 0.3) is 0 Å². The summed E-state index contributed by atoms with van der Waals surface area (Å²) in [5.41, 5.74) is 5.90. The van der Waals surface area contributed by atoms with Crippen LogP contribution in [0.3, 0.4) is 0 Å². The van der Waals surface area contributed by atoms with Crippen LogP contribution in [0.5, 0.6) is 0 Å². The molecule has 0 aliphatic carbocycles. The molecule has 0 aromatic heterocycles. The molecule has 0 spiro atoms. The standard InChI is InChI=1S/C22H40N4O7S/c1-6-13(4)18(26-19(29)14(23)9-10-34-5)21(31)24-15(7-8-17(27)28)20(30)25-16(22(32)33)11-12(2)3/h12-16,18H,6-11,23H2,1-5H3,(H,24,31)(H,25,30)(H,26,29)(H,27,28)(H,32,33). The monoisotopic (exact) mass is 504 g/mol. The van der Waals surface area contributed by atoms with E-state index < -0.39 is 60.2 Å². The molecule has 0 saturated heterocycles. The molecule has 0 bridgehead atoms. The van der Waals surface area contributed by atoms with Crippen LogP contribution < -0.4 is 21.7 Å². The first-order chi connectivity index (χ1) is 15.8. The maximum absolute atomic E-state index is 13.1. The number of carbonyl (C=O) groups is 5. The fourth-order valence-electron chi connectivity index (χ4n) is 3.10. The molecule has 0 fully saturated rings. The molecule has 34 heavy (non-hydrogen) atoms. The highest BCUT2D eigenvalue weighted by Gasteiger charge is 2.32. The van der Waals surface area contributed by atoms with E-state index in [1.807, 2.05) is 13.2 Å². The van der Waals surface area contributed by atoms with Crippen LogP contribution in [0.25, 0.3) is 0 Å². The second-order valence-electron chi connectivity index (χ2n) is 8.78. The lowest BCUT2D eigenvalue weighted by atomic mass is 9.97. The second-order valence-corrected chi connectivity index (χ2v) is 9.77. The van der Waals surface area contributed by atoms with Crippen molar-refractivity contribution in [2.45, 2.75) is 84.0 Å². The molecule has 7 N–H and O–H groups in total. The van der Waals surface area contributed by atoms with Crippen LogP contribution in [0.2, 0.25) is 0 Å². The zero-order valence-corrected chi connectivity index (χ0v) is 21.4. The number of hydrogen-bond acceptors (Lipinski definition) is 7. The van der Waals surface area contributed by atoms with E-state index in [0.29, 0.717) is 18.6 Å². The summed E-state index contributed by atoms with van der Waals surface area (Å²) in [6.45, 7) is 7.19. The number of nitrogens with one attached hydrogen (secondary N) is 3. The summed E-state index contributed by atoms with van der Waals surface area (Å²) in [7, 11) is 0. The van der Waals surface area contributed by atoms with Crippen molar-refractivity contribution in [3.05, 3.63) is 0 Å². The average Bonchev–Trinajstić information content (AvgIpc) is 2.76. The third-order valence-corrected chi connectivity index (χ3v) is 6.01. The Kier molecular flexibility index (Phi) is 15.2. The highest BCUT2D eigenvalue weighted by Crippen LogP contribution is 2.11. The van der Waals surface area contributed by atoms with Crippen molar-refractivity contribution in [2.24, 2.45) is 17.6 Å². The van der Waals surface area contributed by atoms with Crippen LogP contribution in [0.15, 0.2) is 0 Å². The number of carboxylic acid groups (broad SMARTS) is 2. The van der Waals surface area contributed by atoms with Gasteiger partial charge >= 0.3 is 11.9 Å². The number of carbonyl (C=O) groups excluding carboxylic acids is 3. The highest BCUT2D eigenvalue weighted by molar-refractivity contribution is 7.98. The number of rotatable bonds is 17. The number of amides is 3. The zero-order chi connectivity index (χ0) is 26.4. The maximum atomic E-state index is 13.1. The van der Waals surface area contributed by atoms with Crippen molar-refractivity contribution < 1.29 is 34.2 Å². The summed E-state index contributed by atoms with van der Waals surface area (Å²) >= 11 is 1.54. The number of aliphatic carboxylic acids is 2. The summed E-state index contributed by atoms with van der Waals surface area (Å²) < 4.78 is 0. The van der Waals surface area contributed by atoms with Crippen LogP contribution in [0.4, 0.5) is 0 Å². The first kappa shape index (κ1) is 31.7. The van der Waals surface area contributed by atoms with Gasteiger partial charge < -0.3 is 31.9 Å². The van der Waals surface area contributed by atoms with E-state index in [1.165, 1.54) is 11.8 Å².